The number of rotatable bonds is 7. The minimum atomic E-state index is -0.515. The molecular formula is C21H19NO4S. The Bertz CT molecular complexity index is 954. The largest absolute Gasteiger partial charge is 0.497 e. The quantitative estimate of drug-likeness (QED) is 0.449. The molecule has 4 rings (SSSR count). The highest BCUT2D eigenvalue weighted by Gasteiger charge is 2.48. The average molecular weight is 381 g/mol. The van der Waals surface area contributed by atoms with Crippen LogP contribution < -0.4 is 9.47 Å². The summed E-state index contributed by atoms with van der Waals surface area (Å²) >= 11 is 1.55. The minimum Gasteiger partial charge on any atom is -0.497 e. The van der Waals surface area contributed by atoms with Gasteiger partial charge >= 0.3 is 0 Å². The summed E-state index contributed by atoms with van der Waals surface area (Å²) in [6.45, 7) is 2.31. The van der Waals surface area contributed by atoms with Crippen molar-refractivity contribution in [2.24, 2.45) is 0 Å². The lowest BCUT2D eigenvalue weighted by Gasteiger charge is -2.12. The number of nitrogens with zero attached hydrogens (tertiary/aromatic N) is 1. The lowest BCUT2D eigenvalue weighted by molar-refractivity contribution is 0.0949. The summed E-state index contributed by atoms with van der Waals surface area (Å²) in [7, 11) is 1.59. The highest BCUT2D eigenvalue weighted by Crippen LogP contribution is 2.42. The van der Waals surface area contributed by atoms with E-state index in [1.54, 1.807) is 36.6 Å². The van der Waals surface area contributed by atoms with Crippen molar-refractivity contribution in [2.75, 3.05) is 7.11 Å². The molecule has 1 aromatic heterocycles. The molecule has 3 aromatic rings. The van der Waals surface area contributed by atoms with Gasteiger partial charge in [0.15, 0.2) is 11.9 Å². The fourth-order valence-electron chi connectivity index (χ4n) is 2.89. The first-order valence-electron chi connectivity index (χ1n) is 8.62. The highest BCUT2D eigenvalue weighted by molar-refractivity contribution is 7.09. The molecule has 1 saturated heterocycles. The molecule has 1 aliphatic rings. The van der Waals surface area contributed by atoms with Gasteiger partial charge in [-0.25, -0.2) is 4.98 Å². The summed E-state index contributed by atoms with van der Waals surface area (Å²) < 4.78 is 16.8. The first-order chi connectivity index (χ1) is 13.2. The summed E-state index contributed by atoms with van der Waals surface area (Å²) in [5, 5.41) is 2.90. The maximum atomic E-state index is 13.0. The molecule has 0 aliphatic carbocycles. The maximum absolute atomic E-state index is 13.0. The number of aromatic nitrogens is 1. The van der Waals surface area contributed by atoms with Gasteiger partial charge in [-0.05, 0) is 24.6 Å². The van der Waals surface area contributed by atoms with Crippen LogP contribution in [0.25, 0.3) is 0 Å². The number of epoxide rings is 1. The number of ketones is 1. The van der Waals surface area contributed by atoms with Crippen LogP contribution in [0.2, 0.25) is 0 Å². The van der Waals surface area contributed by atoms with E-state index in [9.17, 15) is 4.79 Å². The number of carbonyl (C=O) groups excluding carboxylic acids is 1. The minimum absolute atomic E-state index is 0.101. The Hall–Kier alpha value is -2.70. The van der Waals surface area contributed by atoms with Crippen LogP contribution in [0, 0.1) is 6.92 Å². The second-order valence-electron chi connectivity index (χ2n) is 6.27. The van der Waals surface area contributed by atoms with Gasteiger partial charge in [0, 0.05) is 11.4 Å². The second-order valence-corrected chi connectivity index (χ2v) is 7.33. The molecule has 2 aromatic carbocycles. The monoisotopic (exact) mass is 381 g/mol. The van der Waals surface area contributed by atoms with Gasteiger partial charge in [-0.1, -0.05) is 30.3 Å². The van der Waals surface area contributed by atoms with Gasteiger partial charge in [0.2, 0.25) is 0 Å². The van der Waals surface area contributed by atoms with Crippen molar-refractivity contribution in [3.63, 3.8) is 0 Å². The molecule has 1 aliphatic heterocycles. The van der Waals surface area contributed by atoms with Crippen LogP contribution in [0.1, 0.15) is 32.7 Å². The fraction of sp³-hybridized carbons (Fsp3) is 0.238. The standard InChI is InChI=1S/C21H19NO4S/c1-13-22-17(12-27-13)20-21(26-20)19(23)16-9-8-15(24-2)10-18(16)25-11-14-6-4-3-5-7-14/h3-10,12,20-21H,11H2,1-2H3/t20-,21+/m0/s1. The number of hydrogen-bond donors (Lipinski definition) is 0. The van der Waals surface area contributed by atoms with Crippen LogP contribution >= 0.6 is 11.3 Å². The maximum Gasteiger partial charge on any atom is 0.198 e. The normalized spacial score (nSPS) is 18.1. The average Bonchev–Trinajstić information content (AvgIpc) is 3.39. The Morgan fingerprint density at radius 1 is 1.22 bits per heavy atom. The number of aryl methyl sites for hydroxylation is 1. The van der Waals surface area contributed by atoms with Gasteiger partial charge in [0.05, 0.1) is 23.4 Å². The van der Waals surface area contributed by atoms with Gasteiger partial charge in [-0.15, -0.1) is 11.3 Å². The van der Waals surface area contributed by atoms with E-state index in [-0.39, 0.29) is 11.9 Å². The number of methoxy groups -OCH3 is 1. The molecule has 0 saturated carbocycles. The van der Waals surface area contributed by atoms with Crippen LogP contribution in [0.5, 0.6) is 11.5 Å². The lowest BCUT2D eigenvalue weighted by Crippen LogP contribution is -2.11. The van der Waals surface area contributed by atoms with E-state index in [2.05, 4.69) is 4.98 Å². The van der Waals surface area contributed by atoms with Crippen LogP contribution in [0.3, 0.4) is 0 Å². The fourth-order valence-corrected chi connectivity index (χ4v) is 3.52. The van der Waals surface area contributed by atoms with Crippen molar-refractivity contribution < 1.29 is 19.0 Å². The predicted octanol–water partition coefficient (Wildman–Crippen LogP) is 4.36. The number of hydrogen-bond acceptors (Lipinski definition) is 6. The SMILES string of the molecule is COc1ccc(C(=O)[C@H]2O[C@H]2c2csc(C)n2)c(OCc2ccccc2)c1. The Labute approximate surface area is 161 Å². The number of ether oxygens (including phenoxy) is 3. The topological polar surface area (TPSA) is 61.0 Å². The van der Waals surface area contributed by atoms with E-state index in [0.717, 1.165) is 16.3 Å². The third-order valence-corrected chi connectivity index (χ3v) is 5.16. The zero-order valence-corrected chi connectivity index (χ0v) is 15.9. The van der Waals surface area contributed by atoms with Crippen molar-refractivity contribution in [1.82, 2.24) is 4.98 Å². The summed E-state index contributed by atoms with van der Waals surface area (Å²) in [5.74, 6) is 1.03. The molecule has 0 spiro atoms. The van der Waals surface area contributed by atoms with Crippen LogP contribution in [0.4, 0.5) is 0 Å². The van der Waals surface area contributed by atoms with Crippen molar-refractivity contribution in [3.8, 4) is 11.5 Å². The Morgan fingerprint density at radius 2 is 2.04 bits per heavy atom. The molecule has 2 heterocycles. The van der Waals surface area contributed by atoms with E-state index in [4.69, 9.17) is 14.2 Å². The summed E-state index contributed by atoms with van der Waals surface area (Å²) in [6.07, 6.45) is -0.787. The van der Waals surface area contributed by atoms with Gasteiger partial charge in [-0.2, -0.15) is 0 Å². The zero-order chi connectivity index (χ0) is 18.8. The molecule has 1 fully saturated rings. The van der Waals surface area contributed by atoms with Crippen LogP contribution in [-0.4, -0.2) is 24.0 Å². The molecule has 0 radical (unpaired) electrons. The highest BCUT2D eigenvalue weighted by atomic mass is 32.1. The van der Waals surface area contributed by atoms with Crippen LogP contribution in [0.15, 0.2) is 53.9 Å². The third kappa shape index (κ3) is 3.86. The van der Waals surface area contributed by atoms with Gasteiger partial charge in [-0.3, -0.25) is 4.79 Å². The molecule has 6 heteroatoms. The van der Waals surface area contributed by atoms with Crippen molar-refractivity contribution >= 4 is 17.1 Å². The lowest BCUT2D eigenvalue weighted by atomic mass is 10.0. The molecule has 2 atom stereocenters. The van der Waals surface area contributed by atoms with E-state index in [1.165, 1.54) is 0 Å². The van der Waals surface area contributed by atoms with Crippen molar-refractivity contribution in [2.45, 2.75) is 25.7 Å². The molecule has 0 unspecified atom stereocenters. The van der Waals surface area contributed by atoms with E-state index in [0.29, 0.717) is 23.7 Å². The zero-order valence-electron chi connectivity index (χ0n) is 15.0. The second kappa shape index (κ2) is 7.50. The van der Waals surface area contributed by atoms with E-state index < -0.39 is 6.10 Å². The number of Topliss-reactive ketones (excluding diaryl/α,β-unsaturated/α-hetero) is 1. The first kappa shape index (κ1) is 17.7. The number of benzene rings is 2. The molecule has 138 valence electrons. The van der Waals surface area contributed by atoms with Crippen molar-refractivity contribution in [3.05, 3.63) is 75.7 Å². The third-order valence-electron chi connectivity index (χ3n) is 4.37. The Balaban J connectivity index is 1.54. The molecule has 5 nitrogen and oxygen atoms in total. The number of carbonyl (C=O) groups is 1. The van der Waals surface area contributed by atoms with Crippen molar-refractivity contribution in [1.29, 1.82) is 0 Å². The molecule has 0 N–H and O–H groups in total. The molecule has 0 amide bonds. The van der Waals surface area contributed by atoms with Gasteiger partial charge in [0.25, 0.3) is 0 Å². The van der Waals surface area contributed by atoms with Gasteiger partial charge in [0.1, 0.15) is 24.2 Å². The molecule has 0 bridgehead atoms. The molecule has 27 heavy (non-hydrogen) atoms. The first-order valence-corrected chi connectivity index (χ1v) is 9.50. The Morgan fingerprint density at radius 3 is 2.74 bits per heavy atom. The summed E-state index contributed by atoms with van der Waals surface area (Å²) in [5.41, 5.74) is 2.33. The Kier molecular flexibility index (Phi) is 4.92. The van der Waals surface area contributed by atoms with Gasteiger partial charge < -0.3 is 14.2 Å². The van der Waals surface area contributed by atoms with E-state index in [1.807, 2.05) is 42.6 Å². The number of thiazole rings is 1. The predicted molar refractivity (Wildman–Crippen MR) is 103 cm³/mol. The van der Waals surface area contributed by atoms with E-state index >= 15 is 0 Å². The molecular weight excluding hydrogens is 362 g/mol. The summed E-state index contributed by atoms with van der Waals surface area (Å²) in [4.78, 5) is 17.4. The summed E-state index contributed by atoms with van der Waals surface area (Å²) in [6, 6.07) is 15.0. The van der Waals surface area contributed by atoms with Crippen LogP contribution in [-0.2, 0) is 11.3 Å². The smallest absolute Gasteiger partial charge is 0.198 e.